The van der Waals surface area contributed by atoms with Crippen LogP contribution in [0.1, 0.15) is 38.2 Å². The number of methoxy groups -OCH3 is 1. The molecule has 4 nitrogen and oxygen atoms in total. The van der Waals surface area contributed by atoms with E-state index in [4.69, 9.17) is 15.2 Å². The van der Waals surface area contributed by atoms with Crippen LogP contribution in [0.25, 0.3) is 0 Å². The van der Waals surface area contributed by atoms with Crippen molar-refractivity contribution in [3.8, 4) is 11.5 Å². The first-order chi connectivity index (χ1) is 10.2. The molecule has 0 aromatic heterocycles. The summed E-state index contributed by atoms with van der Waals surface area (Å²) in [6.45, 7) is 3.50. The summed E-state index contributed by atoms with van der Waals surface area (Å²) in [5.41, 5.74) is 6.73. The Hall–Kier alpha value is -1.26. The molecule has 0 aliphatic carbocycles. The molecule has 0 aliphatic heterocycles. The van der Waals surface area contributed by atoms with Crippen molar-refractivity contribution in [2.45, 2.75) is 39.0 Å². The SMILES string of the molecule is CCCCCCOc1ccc(CC(CN)CO)cc1OC. The first-order valence-electron chi connectivity index (χ1n) is 7.85. The van der Waals surface area contributed by atoms with Crippen LogP contribution in [-0.4, -0.2) is 32.0 Å². The molecule has 1 rings (SSSR count). The lowest BCUT2D eigenvalue weighted by atomic mass is 10.00. The average molecular weight is 295 g/mol. The number of hydrogen-bond acceptors (Lipinski definition) is 4. The maximum atomic E-state index is 9.22. The van der Waals surface area contributed by atoms with Crippen LogP contribution in [0.3, 0.4) is 0 Å². The van der Waals surface area contributed by atoms with Gasteiger partial charge in [-0.1, -0.05) is 32.3 Å². The molecule has 0 bridgehead atoms. The van der Waals surface area contributed by atoms with Crippen molar-refractivity contribution in [1.29, 1.82) is 0 Å². The van der Waals surface area contributed by atoms with Crippen LogP contribution in [0, 0.1) is 5.92 Å². The van der Waals surface area contributed by atoms with E-state index in [1.165, 1.54) is 19.3 Å². The Morgan fingerprint density at radius 3 is 2.62 bits per heavy atom. The molecule has 1 aromatic carbocycles. The van der Waals surface area contributed by atoms with Gasteiger partial charge < -0.3 is 20.3 Å². The predicted molar refractivity (Wildman–Crippen MR) is 86.0 cm³/mol. The first-order valence-corrected chi connectivity index (χ1v) is 7.85. The van der Waals surface area contributed by atoms with Crippen molar-refractivity contribution in [2.24, 2.45) is 11.7 Å². The van der Waals surface area contributed by atoms with Gasteiger partial charge in [-0.2, -0.15) is 0 Å². The Labute approximate surface area is 128 Å². The summed E-state index contributed by atoms with van der Waals surface area (Å²) in [6, 6.07) is 5.93. The number of hydrogen-bond donors (Lipinski definition) is 2. The van der Waals surface area contributed by atoms with Crippen LogP contribution in [-0.2, 0) is 6.42 Å². The number of nitrogens with two attached hydrogens (primary N) is 1. The van der Waals surface area contributed by atoms with Crippen LogP contribution in [0.15, 0.2) is 18.2 Å². The maximum Gasteiger partial charge on any atom is 0.161 e. The van der Waals surface area contributed by atoms with Gasteiger partial charge in [-0.3, -0.25) is 0 Å². The second-order valence-electron chi connectivity index (χ2n) is 5.38. The molecule has 0 saturated carbocycles. The zero-order valence-electron chi connectivity index (χ0n) is 13.3. The van der Waals surface area contributed by atoms with E-state index < -0.39 is 0 Å². The summed E-state index contributed by atoms with van der Waals surface area (Å²) < 4.78 is 11.2. The molecule has 0 spiro atoms. The Kier molecular flexibility index (Phi) is 8.87. The normalized spacial score (nSPS) is 12.2. The summed E-state index contributed by atoms with van der Waals surface area (Å²) in [7, 11) is 1.65. The van der Waals surface area contributed by atoms with Crippen LogP contribution < -0.4 is 15.2 Å². The van der Waals surface area contributed by atoms with E-state index in [2.05, 4.69) is 6.92 Å². The fraction of sp³-hybridized carbons (Fsp3) is 0.647. The van der Waals surface area contributed by atoms with Crippen LogP contribution in [0.4, 0.5) is 0 Å². The quantitative estimate of drug-likeness (QED) is 0.616. The van der Waals surface area contributed by atoms with Gasteiger partial charge in [-0.15, -0.1) is 0 Å². The second kappa shape index (κ2) is 10.5. The number of aliphatic hydroxyl groups is 1. The number of aliphatic hydroxyl groups excluding tert-OH is 1. The monoisotopic (exact) mass is 295 g/mol. The fourth-order valence-electron chi connectivity index (χ4n) is 2.22. The van der Waals surface area contributed by atoms with E-state index in [-0.39, 0.29) is 12.5 Å². The van der Waals surface area contributed by atoms with Crippen LogP contribution >= 0.6 is 0 Å². The molecular weight excluding hydrogens is 266 g/mol. The van der Waals surface area contributed by atoms with Crippen LogP contribution in [0.5, 0.6) is 11.5 Å². The van der Waals surface area contributed by atoms with E-state index in [1.807, 2.05) is 18.2 Å². The summed E-state index contributed by atoms with van der Waals surface area (Å²) in [5.74, 6) is 1.62. The minimum absolute atomic E-state index is 0.0931. The van der Waals surface area contributed by atoms with Crippen LogP contribution in [0.2, 0.25) is 0 Å². The highest BCUT2D eigenvalue weighted by molar-refractivity contribution is 5.43. The summed E-state index contributed by atoms with van der Waals surface area (Å²) >= 11 is 0. The number of ether oxygens (including phenoxy) is 2. The zero-order valence-corrected chi connectivity index (χ0v) is 13.3. The van der Waals surface area contributed by atoms with E-state index in [0.29, 0.717) is 6.54 Å². The molecule has 0 heterocycles. The molecule has 3 N–H and O–H groups in total. The third-order valence-corrected chi connectivity index (χ3v) is 3.60. The van der Waals surface area contributed by atoms with E-state index in [1.54, 1.807) is 7.11 Å². The molecule has 0 aliphatic rings. The molecule has 21 heavy (non-hydrogen) atoms. The second-order valence-corrected chi connectivity index (χ2v) is 5.38. The highest BCUT2D eigenvalue weighted by Crippen LogP contribution is 2.29. The van der Waals surface area contributed by atoms with E-state index in [0.717, 1.165) is 36.5 Å². The third kappa shape index (κ3) is 6.36. The molecular formula is C17H29NO3. The van der Waals surface area contributed by atoms with Crippen molar-refractivity contribution in [3.05, 3.63) is 23.8 Å². The van der Waals surface area contributed by atoms with Crippen molar-refractivity contribution in [3.63, 3.8) is 0 Å². The average Bonchev–Trinajstić information content (AvgIpc) is 2.53. The Balaban J connectivity index is 2.57. The molecule has 1 atom stereocenters. The molecule has 1 unspecified atom stereocenters. The molecule has 1 aromatic rings. The zero-order chi connectivity index (χ0) is 15.5. The topological polar surface area (TPSA) is 64.7 Å². The summed E-state index contributed by atoms with van der Waals surface area (Å²) in [5, 5.41) is 9.22. The van der Waals surface area contributed by atoms with Gasteiger partial charge in [0.1, 0.15) is 0 Å². The van der Waals surface area contributed by atoms with Gasteiger partial charge in [0.05, 0.1) is 13.7 Å². The minimum Gasteiger partial charge on any atom is -0.493 e. The highest BCUT2D eigenvalue weighted by atomic mass is 16.5. The van der Waals surface area contributed by atoms with Crippen molar-refractivity contribution in [1.82, 2.24) is 0 Å². The number of rotatable bonds is 11. The van der Waals surface area contributed by atoms with Gasteiger partial charge in [0.25, 0.3) is 0 Å². The molecule has 0 radical (unpaired) electrons. The summed E-state index contributed by atoms with van der Waals surface area (Å²) in [4.78, 5) is 0. The Bertz CT molecular complexity index is 392. The number of unbranched alkanes of at least 4 members (excludes halogenated alkanes) is 3. The van der Waals surface area contributed by atoms with Crippen molar-refractivity contribution >= 4 is 0 Å². The summed E-state index contributed by atoms with van der Waals surface area (Å²) in [6.07, 6.45) is 5.50. The standard InChI is InChI=1S/C17H29NO3/c1-3-4-5-6-9-21-16-8-7-14(11-17(16)20-2)10-15(12-18)13-19/h7-8,11,15,19H,3-6,9-10,12-13,18H2,1-2H3. The van der Waals surface area contributed by atoms with E-state index in [9.17, 15) is 5.11 Å². The first kappa shape index (κ1) is 17.8. The van der Waals surface area contributed by atoms with Gasteiger partial charge in [0, 0.05) is 6.61 Å². The lowest BCUT2D eigenvalue weighted by Crippen LogP contribution is -2.20. The number of benzene rings is 1. The minimum atomic E-state index is 0.0931. The lowest BCUT2D eigenvalue weighted by molar-refractivity contribution is 0.229. The van der Waals surface area contributed by atoms with Crippen molar-refractivity contribution < 1.29 is 14.6 Å². The fourth-order valence-corrected chi connectivity index (χ4v) is 2.22. The lowest BCUT2D eigenvalue weighted by Gasteiger charge is -2.15. The van der Waals surface area contributed by atoms with Crippen molar-refractivity contribution in [2.75, 3.05) is 26.9 Å². The molecule has 120 valence electrons. The van der Waals surface area contributed by atoms with E-state index >= 15 is 0 Å². The maximum absolute atomic E-state index is 9.22. The molecule has 0 fully saturated rings. The highest BCUT2D eigenvalue weighted by Gasteiger charge is 2.10. The molecule has 0 amide bonds. The van der Waals surface area contributed by atoms with Gasteiger partial charge in [0.15, 0.2) is 11.5 Å². The largest absolute Gasteiger partial charge is 0.493 e. The predicted octanol–water partition coefficient (Wildman–Crippen LogP) is 2.76. The Morgan fingerprint density at radius 1 is 1.19 bits per heavy atom. The van der Waals surface area contributed by atoms with Gasteiger partial charge in [-0.05, 0) is 43.0 Å². The smallest absolute Gasteiger partial charge is 0.161 e. The van der Waals surface area contributed by atoms with Gasteiger partial charge >= 0.3 is 0 Å². The third-order valence-electron chi connectivity index (χ3n) is 3.60. The van der Waals surface area contributed by atoms with Gasteiger partial charge in [0.2, 0.25) is 0 Å². The Morgan fingerprint density at radius 2 is 2.00 bits per heavy atom. The molecule has 4 heteroatoms. The van der Waals surface area contributed by atoms with Gasteiger partial charge in [-0.25, -0.2) is 0 Å². The molecule has 0 saturated heterocycles.